The molecule has 1 aliphatic carbocycles. The van der Waals surface area contributed by atoms with Crippen molar-refractivity contribution in [1.29, 1.82) is 0 Å². The number of halogens is 6. The Bertz CT molecular complexity index is 1520. The molecule has 0 radical (unpaired) electrons. The average Bonchev–Trinajstić information content (AvgIpc) is 3.48. The van der Waals surface area contributed by atoms with E-state index in [4.69, 9.17) is 0 Å². The molecule has 1 saturated heterocycles. The number of rotatable bonds is 8. The number of hydrogen-bond donors (Lipinski definition) is 2. The summed E-state index contributed by atoms with van der Waals surface area (Å²) in [6.07, 6.45) is 1.23. The largest absolute Gasteiger partial charge is 0.416 e. The molecule has 5 rings (SSSR count). The van der Waals surface area contributed by atoms with Gasteiger partial charge in [-0.3, -0.25) is 4.72 Å². The van der Waals surface area contributed by atoms with Crippen LogP contribution >= 0.6 is 0 Å². The third kappa shape index (κ3) is 6.80. The highest BCUT2D eigenvalue weighted by molar-refractivity contribution is 7.92. The maximum Gasteiger partial charge on any atom is 0.416 e. The number of nitrogens with one attached hydrogen (secondary N) is 2. The summed E-state index contributed by atoms with van der Waals surface area (Å²) < 4.78 is 111. The van der Waals surface area contributed by atoms with Gasteiger partial charge in [0, 0.05) is 24.8 Å². The fraction of sp³-hybridized carbons (Fsp3) is 0.429. The molecule has 1 aliphatic heterocycles. The standard InChI is InChI=1S/C28H29F6N5O2S/c29-21-10-19(9-20(12-21)28(32,33)34)17-3-4-18(25(11-17)39-7-1-2-8-39)15-36-24-13-23(31)26(14-22(24)30)42(40,41)38-27-5-6-35-16-37-27/h5-6,9-10,12-14,16-18,25,36H,1-4,7-8,11,15H2,(H,35,37,38)/t17-,18?,25-/m0/s1. The van der Waals surface area contributed by atoms with Crippen LogP contribution in [0.15, 0.2) is 53.8 Å². The van der Waals surface area contributed by atoms with Gasteiger partial charge in [-0.1, -0.05) is 0 Å². The van der Waals surface area contributed by atoms with Gasteiger partial charge in [-0.05, 0) is 92.9 Å². The summed E-state index contributed by atoms with van der Waals surface area (Å²) in [6, 6.07) is 5.24. The van der Waals surface area contributed by atoms with Crippen LogP contribution in [-0.4, -0.2) is 49.0 Å². The van der Waals surface area contributed by atoms with Crippen LogP contribution < -0.4 is 10.0 Å². The Morgan fingerprint density at radius 3 is 2.43 bits per heavy atom. The summed E-state index contributed by atoms with van der Waals surface area (Å²) in [5.74, 6) is -3.51. The summed E-state index contributed by atoms with van der Waals surface area (Å²) in [5.41, 5.74) is -0.927. The molecule has 2 fully saturated rings. The van der Waals surface area contributed by atoms with Crippen molar-refractivity contribution in [3.8, 4) is 0 Å². The van der Waals surface area contributed by atoms with Crippen molar-refractivity contribution >= 4 is 21.5 Å². The summed E-state index contributed by atoms with van der Waals surface area (Å²) in [6.45, 7) is 1.84. The number of sulfonamides is 1. The Hall–Kier alpha value is -3.39. The minimum atomic E-state index is -4.66. The van der Waals surface area contributed by atoms with Gasteiger partial charge in [0.15, 0.2) is 0 Å². The van der Waals surface area contributed by atoms with Gasteiger partial charge in [-0.15, -0.1) is 0 Å². The van der Waals surface area contributed by atoms with E-state index in [1.165, 1.54) is 12.3 Å². The number of benzene rings is 2. The van der Waals surface area contributed by atoms with Gasteiger partial charge in [0.05, 0.1) is 11.3 Å². The highest BCUT2D eigenvalue weighted by Crippen LogP contribution is 2.41. The Labute approximate surface area is 239 Å². The average molecular weight is 614 g/mol. The normalized spacial score (nSPS) is 21.8. The van der Waals surface area contributed by atoms with E-state index in [-0.39, 0.29) is 35.9 Å². The first-order valence-electron chi connectivity index (χ1n) is 13.5. The Balaban J connectivity index is 1.31. The van der Waals surface area contributed by atoms with Gasteiger partial charge in [0.2, 0.25) is 0 Å². The summed E-state index contributed by atoms with van der Waals surface area (Å²) in [7, 11) is -4.47. The third-order valence-electron chi connectivity index (χ3n) is 7.97. The molecule has 3 aromatic rings. The quantitative estimate of drug-likeness (QED) is 0.296. The smallest absolute Gasteiger partial charge is 0.382 e. The molecule has 0 amide bonds. The molecule has 1 saturated carbocycles. The number of alkyl halides is 3. The summed E-state index contributed by atoms with van der Waals surface area (Å²) in [5, 5.41) is 2.91. The fourth-order valence-electron chi connectivity index (χ4n) is 5.94. The number of hydrogen-bond acceptors (Lipinski definition) is 6. The molecule has 1 aromatic heterocycles. The maximum absolute atomic E-state index is 15.0. The predicted octanol–water partition coefficient (Wildman–Crippen LogP) is 6.17. The molecule has 226 valence electrons. The van der Waals surface area contributed by atoms with Crippen LogP contribution in [0.25, 0.3) is 0 Å². The van der Waals surface area contributed by atoms with E-state index in [1.54, 1.807) is 0 Å². The first-order chi connectivity index (χ1) is 19.9. The monoisotopic (exact) mass is 613 g/mol. The molecule has 2 aromatic carbocycles. The molecule has 7 nitrogen and oxygen atoms in total. The molecule has 1 unspecified atom stereocenters. The minimum absolute atomic E-state index is 0.0553. The van der Waals surface area contributed by atoms with E-state index in [1.807, 2.05) is 0 Å². The van der Waals surface area contributed by atoms with Gasteiger partial charge in [-0.25, -0.2) is 31.6 Å². The van der Waals surface area contributed by atoms with Gasteiger partial charge in [-0.2, -0.15) is 13.2 Å². The van der Waals surface area contributed by atoms with Crippen LogP contribution in [0, 0.1) is 23.4 Å². The van der Waals surface area contributed by atoms with Crippen LogP contribution in [0.2, 0.25) is 0 Å². The van der Waals surface area contributed by atoms with Gasteiger partial charge < -0.3 is 10.2 Å². The minimum Gasteiger partial charge on any atom is -0.382 e. The van der Waals surface area contributed by atoms with E-state index in [2.05, 4.69) is 24.9 Å². The van der Waals surface area contributed by atoms with Crippen molar-refractivity contribution in [1.82, 2.24) is 14.9 Å². The SMILES string of the molecule is O=S(=O)(Nc1ccncn1)c1cc(F)c(NCC2CC[C@H](c3cc(F)cc(C(F)(F)F)c3)C[C@@H]2N2CCCC2)cc1F. The number of aromatic nitrogens is 2. The van der Waals surface area contributed by atoms with Gasteiger partial charge in [0.25, 0.3) is 10.0 Å². The molecular weight excluding hydrogens is 584 g/mol. The Morgan fingerprint density at radius 1 is 0.976 bits per heavy atom. The highest BCUT2D eigenvalue weighted by atomic mass is 32.2. The predicted molar refractivity (Wildman–Crippen MR) is 144 cm³/mol. The van der Waals surface area contributed by atoms with Crippen molar-refractivity contribution in [3.05, 3.63) is 77.5 Å². The zero-order chi connectivity index (χ0) is 30.1. The number of anilines is 2. The second-order valence-corrected chi connectivity index (χ2v) is 12.3. The fourth-order valence-corrected chi connectivity index (χ4v) is 7.02. The van der Waals surface area contributed by atoms with E-state index < -0.39 is 44.1 Å². The summed E-state index contributed by atoms with van der Waals surface area (Å²) in [4.78, 5) is 8.77. The molecule has 0 bridgehead atoms. The van der Waals surface area contributed by atoms with Crippen LogP contribution in [0.4, 0.5) is 37.8 Å². The second kappa shape index (κ2) is 12.1. The van der Waals surface area contributed by atoms with Crippen LogP contribution in [0.1, 0.15) is 49.1 Å². The van der Waals surface area contributed by atoms with Gasteiger partial charge in [0.1, 0.15) is 34.5 Å². The number of nitrogens with zero attached hydrogens (tertiary/aromatic N) is 3. The summed E-state index contributed by atoms with van der Waals surface area (Å²) >= 11 is 0. The first kappa shape index (κ1) is 30.1. The third-order valence-corrected chi connectivity index (χ3v) is 9.34. The second-order valence-electron chi connectivity index (χ2n) is 10.7. The van der Waals surface area contributed by atoms with Crippen molar-refractivity contribution in [2.75, 3.05) is 29.7 Å². The lowest BCUT2D eigenvalue weighted by molar-refractivity contribution is -0.137. The number of likely N-dealkylation sites (tertiary alicyclic amines) is 1. The van der Waals surface area contributed by atoms with Crippen molar-refractivity contribution in [2.45, 2.75) is 55.1 Å². The maximum atomic E-state index is 15.0. The molecule has 0 spiro atoms. The van der Waals surface area contributed by atoms with Crippen LogP contribution in [0.5, 0.6) is 0 Å². The van der Waals surface area contributed by atoms with E-state index in [9.17, 15) is 30.4 Å². The van der Waals surface area contributed by atoms with Crippen molar-refractivity contribution < 1.29 is 34.8 Å². The van der Waals surface area contributed by atoms with E-state index in [0.717, 1.165) is 50.5 Å². The molecule has 14 heteroatoms. The van der Waals surface area contributed by atoms with Crippen LogP contribution in [0.3, 0.4) is 0 Å². The lowest BCUT2D eigenvalue weighted by atomic mass is 9.74. The zero-order valence-electron chi connectivity index (χ0n) is 22.3. The Kier molecular flexibility index (Phi) is 8.65. The van der Waals surface area contributed by atoms with Gasteiger partial charge >= 0.3 is 6.18 Å². The molecule has 42 heavy (non-hydrogen) atoms. The van der Waals surface area contributed by atoms with Crippen LogP contribution in [-0.2, 0) is 16.2 Å². The lowest BCUT2D eigenvalue weighted by Gasteiger charge is -2.42. The molecular formula is C28H29F6N5O2S. The lowest BCUT2D eigenvalue weighted by Crippen LogP contribution is -2.45. The molecule has 2 aliphatic rings. The van der Waals surface area contributed by atoms with Crippen molar-refractivity contribution in [3.63, 3.8) is 0 Å². The van der Waals surface area contributed by atoms with Crippen molar-refractivity contribution in [2.24, 2.45) is 5.92 Å². The molecule has 3 atom stereocenters. The molecule has 2 N–H and O–H groups in total. The topological polar surface area (TPSA) is 87.2 Å². The Morgan fingerprint density at radius 2 is 1.74 bits per heavy atom. The molecule has 2 heterocycles. The van der Waals surface area contributed by atoms with E-state index >= 15 is 4.39 Å². The first-order valence-corrected chi connectivity index (χ1v) is 15.0. The van der Waals surface area contributed by atoms with E-state index in [0.29, 0.717) is 37.0 Å². The highest BCUT2D eigenvalue weighted by Gasteiger charge is 2.38. The zero-order valence-corrected chi connectivity index (χ0v) is 23.2.